The van der Waals surface area contributed by atoms with Crippen LogP contribution < -0.4 is 5.73 Å². The fourth-order valence-electron chi connectivity index (χ4n) is 0.883. The van der Waals surface area contributed by atoms with Crippen LogP contribution in [0.15, 0.2) is 12.3 Å². The molecule has 0 unspecified atom stereocenters. The zero-order chi connectivity index (χ0) is 8.43. The van der Waals surface area contributed by atoms with Gasteiger partial charge in [0.25, 0.3) is 5.91 Å². The molecule has 58 valence electrons. The zero-order valence-corrected chi connectivity index (χ0v) is 6.87. The fraction of sp³-hybridized carbons (Fsp3) is 0.143. The predicted octanol–water partition coefficient (Wildman–Crippen LogP) is 1.15. The minimum Gasteiger partial charge on any atom is -0.365 e. The van der Waals surface area contributed by atoms with Gasteiger partial charge in [0.1, 0.15) is 4.64 Å². The number of carbonyl (C=O) groups excluding carboxylic acids is 1. The average Bonchev–Trinajstić information content (AvgIpc) is 1.85. The van der Waals surface area contributed by atoms with Crippen molar-refractivity contribution in [1.82, 2.24) is 4.98 Å². The number of primary amides is 1. The molecule has 0 aliphatic heterocycles. The first-order valence-corrected chi connectivity index (χ1v) is 3.52. The number of pyridine rings is 1. The molecule has 0 aliphatic carbocycles. The molecule has 0 aromatic carbocycles. The number of hydrogen-bond donors (Lipinski definition) is 2. The largest absolute Gasteiger partial charge is 0.365 e. The van der Waals surface area contributed by atoms with Gasteiger partial charge in [-0.25, -0.2) is 0 Å². The van der Waals surface area contributed by atoms with Crippen molar-refractivity contribution in [3.63, 3.8) is 0 Å². The lowest BCUT2D eigenvalue weighted by molar-refractivity contribution is 0.0999. The highest BCUT2D eigenvalue weighted by molar-refractivity contribution is 7.71. The van der Waals surface area contributed by atoms with Crippen molar-refractivity contribution in [2.45, 2.75) is 6.92 Å². The van der Waals surface area contributed by atoms with E-state index >= 15 is 0 Å². The Morgan fingerprint density at radius 3 is 2.73 bits per heavy atom. The van der Waals surface area contributed by atoms with E-state index in [0.717, 1.165) is 5.56 Å². The standard InChI is InChI=1S/C7H8N2OS/c1-4-2-3-9-7(11)5(4)6(8)10/h2-3H,1H3,(H2,8,10)(H,9,11). The van der Waals surface area contributed by atoms with Crippen LogP contribution in [0.3, 0.4) is 0 Å². The summed E-state index contributed by atoms with van der Waals surface area (Å²) in [6, 6.07) is 1.76. The molecule has 0 atom stereocenters. The van der Waals surface area contributed by atoms with Crippen molar-refractivity contribution in [2.75, 3.05) is 0 Å². The molecule has 0 saturated heterocycles. The van der Waals surface area contributed by atoms with Gasteiger partial charge in [-0.05, 0) is 18.6 Å². The van der Waals surface area contributed by atoms with Gasteiger partial charge >= 0.3 is 0 Å². The molecule has 0 fully saturated rings. The van der Waals surface area contributed by atoms with Crippen molar-refractivity contribution >= 4 is 18.1 Å². The molecular formula is C7H8N2OS. The fourth-order valence-corrected chi connectivity index (χ4v) is 1.21. The highest BCUT2D eigenvalue weighted by Gasteiger charge is 2.05. The lowest BCUT2D eigenvalue weighted by atomic mass is 10.1. The highest BCUT2D eigenvalue weighted by atomic mass is 32.1. The van der Waals surface area contributed by atoms with E-state index in [-0.39, 0.29) is 0 Å². The van der Waals surface area contributed by atoms with Crippen LogP contribution in [0.2, 0.25) is 0 Å². The molecule has 0 radical (unpaired) electrons. The molecule has 1 aromatic rings. The van der Waals surface area contributed by atoms with E-state index in [1.54, 1.807) is 19.2 Å². The molecule has 3 N–H and O–H groups in total. The van der Waals surface area contributed by atoms with Gasteiger partial charge in [0.15, 0.2) is 0 Å². The third-order valence-corrected chi connectivity index (χ3v) is 1.74. The highest BCUT2D eigenvalue weighted by Crippen LogP contribution is 2.05. The van der Waals surface area contributed by atoms with Gasteiger partial charge < -0.3 is 10.7 Å². The molecular weight excluding hydrogens is 160 g/mol. The Kier molecular flexibility index (Phi) is 2.05. The lowest BCUT2D eigenvalue weighted by Gasteiger charge is -1.98. The Hall–Kier alpha value is -1.16. The summed E-state index contributed by atoms with van der Waals surface area (Å²) in [6.45, 7) is 1.80. The number of carbonyl (C=O) groups is 1. The third-order valence-electron chi connectivity index (χ3n) is 1.42. The topological polar surface area (TPSA) is 58.9 Å². The van der Waals surface area contributed by atoms with Crippen molar-refractivity contribution in [1.29, 1.82) is 0 Å². The minimum atomic E-state index is -0.482. The molecule has 0 saturated carbocycles. The van der Waals surface area contributed by atoms with Crippen molar-refractivity contribution < 1.29 is 4.79 Å². The van der Waals surface area contributed by atoms with E-state index in [1.165, 1.54) is 0 Å². The number of nitrogens with one attached hydrogen (secondary N) is 1. The minimum absolute atomic E-state index is 0.400. The molecule has 0 aliphatic rings. The molecule has 4 heteroatoms. The second-order valence-electron chi connectivity index (χ2n) is 2.23. The van der Waals surface area contributed by atoms with Crippen LogP contribution in [-0.2, 0) is 0 Å². The molecule has 1 heterocycles. The van der Waals surface area contributed by atoms with Crippen molar-refractivity contribution in [3.05, 3.63) is 28.0 Å². The summed E-state index contributed by atoms with van der Waals surface area (Å²) in [5.74, 6) is -0.482. The number of aryl methyl sites for hydroxylation is 1. The monoisotopic (exact) mass is 168 g/mol. The number of rotatable bonds is 1. The second-order valence-corrected chi connectivity index (χ2v) is 2.64. The van der Waals surface area contributed by atoms with Gasteiger partial charge in [-0.1, -0.05) is 12.2 Å². The molecule has 3 nitrogen and oxygen atoms in total. The van der Waals surface area contributed by atoms with Gasteiger partial charge in [-0.3, -0.25) is 4.79 Å². The van der Waals surface area contributed by atoms with Crippen molar-refractivity contribution in [2.24, 2.45) is 5.73 Å². The Balaban J connectivity index is 3.45. The zero-order valence-electron chi connectivity index (χ0n) is 6.05. The van der Waals surface area contributed by atoms with Gasteiger partial charge in [0, 0.05) is 6.20 Å². The molecule has 0 bridgehead atoms. The number of H-pyrrole nitrogens is 1. The van der Waals surface area contributed by atoms with E-state index in [9.17, 15) is 4.79 Å². The van der Waals surface area contributed by atoms with Crippen LogP contribution in [-0.4, -0.2) is 10.9 Å². The van der Waals surface area contributed by atoms with E-state index in [4.69, 9.17) is 18.0 Å². The van der Waals surface area contributed by atoms with Crippen LogP contribution in [0.5, 0.6) is 0 Å². The molecule has 1 aromatic heterocycles. The number of hydrogen-bond acceptors (Lipinski definition) is 2. The van der Waals surface area contributed by atoms with Gasteiger partial charge in [-0.2, -0.15) is 0 Å². The first-order chi connectivity index (χ1) is 5.13. The third kappa shape index (κ3) is 1.46. The first-order valence-electron chi connectivity index (χ1n) is 3.11. The number of amides is 1. The molecule has 11 heavy (non-hydrogen) atoms. The van der Waals surface area contributed by atoms with Crippen LogP contribution in [0.1, 0.15) is 15.9 Å². The Morgan fingerprint density at radius 2 is 2.36 bits per heavy atom. The van der Waals surface area contributed by atoms with Gasteiger partial charge in [0.2, 0.25) is 0 Å². The summed E-state index contributed by atoms with van der Waals surface area (Å²) in [7, 11) is 0. The predicted molar refractivity (Wildman–Crippen MR) is 44.9 cm³/mol. The average molecular weight is 168 g/mol. The lowest BCUT2D eigenvalue weighted by Crippen LogP contribution is -2.13. The number of aromatic amines is 1. The van der Waals surface area contributed by atoms with Crippen molar-refractivity contribution in [3.8, 4) is 0 Å². The maximum Gasteiger partial charge on any atom is 0.251 e. The summed E-state index contributed by atoms with van der Waals surface area (Å²) in [6.07, 6.45) is 1.68. The van der Waals surface area contributed by atoms with E-state index in [2.05, 4.69) is 4.98 Å². The van der Waals surface area contributed by atoms with E-state index in [1.807, 2.05) is 0 Å². The Labute approximate surface area is 69.2 Å². The van der Waals surface area contributed by atoms with E-state index in [0.29, 0.717) is 10.2 Å². The van der Waals surface area contributed by atoms with Crippen LogP contribution in [0.25, 0.3) is 0 Å². The Bertz CT molecular complexity index is 343. The normalized spacial score (nSPS) is 9.55. The first kappa shape index (κ1) is 7.94. The quantitative estimate of drug-likeness (QED) is 0.618. The second kappa shape index (κ2) is 2.84. The summed E-state index contributed by atoms with van der Waals surface area (Å²) >= 11 is 4.86. The number of nitrogens with two attached hydrogens (primary N) is 1. The summed E-state index contributed by atoms with van der Waals surface area (Å²) < 4.78 is 0.400. The Morgan fingerprint density at radius 1 is 1.73 bits per heavy atom. The summed E-state index contributed by atoms with van der Waals surface area (Å²) in [5, 5.41) is 0. The smallest absolute Gasteiger partial charge is 0.251 e. The number of aromatic nitrogens is 1. The summed E-state index contributed by atoms with van der Waals surface area (Å²) in [4.78, 5) is 13.5. The van der Waals surface area contributed by atoms with Crippen LogP contribution in [0, 0.1) is 11.6 Å². The van der Waals surface area contributed by atoms with E-state index < -0.39 is 5.91 Å². The maximum atomic E-state index is 10.8. The molecule has 1 amide bonds. The van der Waals surface area contributed by atoms with Gasteiger partial charge in [0.05, 0.1) is 5.56 Å². The van der Waals surface area contributed by atoms with Crippen LogP contribution in [0.4, 0.5) is 0 Å². The SMILES string of the molecule is Cc1cc[nH]c(=S)c1C(N)=O. The summed E-state index contributed by atoms with van der Waals surface area (Å²) in [5.41, 5.74) is 6.30. The molecule has 1 rings (SSSR count). The molecule has 0 spiro atoms. The van der Waals surface area contributed by atoms with Gasteiger partial charge in [-0.15, -0.1) is 0 Å². The maximum absolute atomic E-state index is 10.8. The van der Waals surface area contributed by atoms with Crippen LogP contribution >= 0.6 is 12.2 Å².